The zero-order valence-electron chi connectivity index (χ0n) is 61.3. The zero-order valence-corrected chi connectivity index (χ0v) is 62.2. The molecule has 0 aromatic heterocycles. The van der Waals surface area contributed by atoms with E-state index < -0.39 is 26.6 Å². The number of amides is 1. The van der Waals surface area contributed by atoms with Crippen LogP contribution in [0.1, 0.15) is 393 Å². The summed E-state index contributed by atoms with van der Waals surface area (Å²) in [5, 5.41) is 14.0. The van der Waals surface area contributed by atoms with Gasteiger partial charge in [-0.1, -0.05) is 389 Å². The Bertz CT molecular complexity index is 1720. The minimum Gasteiger partial charge on any atom is -0.756 e. The van der Waals surface area contributed by atoms with Crippen LogP contribution in [-0.4, -0.2) is 68.5 Å². The number of allylic oxidation sites excluding steroid dienone is 11. The highest BCUT2D eigenvalue weighted by Crippen LogP contribution is 2.38. The number of unbranched alkanes of at least 4 members (excludes halogenated alkanes) is 51. The van der Waals surface area contributed by atoms with Crippen LogP contribution in [0.25, 0.3) is 0 Å². The van der Waals surface area contributed by atoms with Gasteiger partial charge in [0.05, 0.1) is 39.9 Å². The highest BCUT2D eigenvalue weighted by atomic mass is 31.2. The number of aliphatic hydroxyl groups excluding tert-OH is 1. The molecule has 0 bridgehead atoms. The quantitative estimate of drug-likeness (QED) is 0.0272. The molecule has 9 heteroatoms. The van der Waals surface area contributed by atoms with Gasteiger partial charge < -0.3 is 28.8 Å². The standard InChI is InChI=1S/C82H155N2O6P/c1-6-8-10-12-14-16-18-20-22-24-26-28-30-32-34-36-38-40-41-42-43-44-46-48-50-52-54-56-58-60-62-64-66-68-70-72-74-76-82(86)83-80(79-90-91(87,88)89-78-77-84(3,4)5)81(85)75-73-71-69-67-65-63-61-59-57-55-53-51-49-47-45-39-37-35-33-31-29-27-25-23-21-19-17-15-13-11-9-7-2/h8,10,14,16,20,22,26,28,65,67,73,75,80-81,85H,6-7,9,11-13,15,17-19,21,23-25,27,29-64,66,68-72,74,76-79H2,1-5H3,(H-,83,86,87,88)/b10-8-,16-14-,22-20-,28-26-,67-65+,75-73+. The number of carbonyl (C=O) groups excluding carboxylic acids is 1. The second-order valence-corrected chi connectivity index (χ2v) is 29.8. The summed E-state index contributed by atoms with van der Waals surface area (Å²) >= 11 is 0. The van der Waals surface area contributed by atoms with Crippen molar-refractivity contribution in [2.45, 2.75) is 405 Å². The number of phosphoric acid groups is 1. The summed E-state index contributed by atoms with van der Waals surface area (Å²) < 4.78 is 23.5. The predicted molar refractivity (Wildman–Crippen MR) is 399 cm³/mol. The molecule has 0 spiro atoms. The van der Waals surface area contributed by atoms with E-state index >= 15 is 0 Å². The summed E-state index contributed by atoms with van der Waals surface area (Å²) in [5.74, 6) is -0.200. The molecule has 0 saturated heterocycles. The largest absolute Gasteiger partial charge is 0.756 e. The highest BCUT2D eigenvalue weighted by molar-refractivity contribution is 7.45. The van der Waals surface area contributed by atoms with E-state index in [4.69, 9.17) is 9.05 Å². The third-order valence-electron chi connectivity index (χ3n) is 18.2. The van der Waals surface area contributed by atoms with Gasteiger partial charge in [-0.25, -0.2) is 0 Å². The average molecular weight is 1300 g/mol. The third-order valence-corrected chi connectivity index (χ3v) is 19.1. The Labute approximate surface area is 567 Å². The Morgan fingerprint density at radius 3 is 1.02 bits per heavy atom. The molecule has 0 aromatic rings. The van der Waals surface area contributed by atoms with Crippen molar-refractivity contribution in [3.63, 3.8) is 0 Å². The van der Waals surface area contributed by atoms with Crippen LogP contribution in [0, 0.1) is 0 Å². The van der Waals surface area contributed by atoms with Gasteiger partial charge in [-0.3, -0.25) is 9.36 Å². The Morgan fingerprint density at radius 2 is 0.681 bits per heavy atom. The zero-order chi connectivity index (χ0) is 66.2. The number of rotatable bonds is 74. The molecule has 2 N–H and O–H groups in total. The van der Waals surface area contributed by atoms with Crippen LogP contribution < -0.4 is 10.2 Å². The van der Waals surface area contributed by atoms with Crippen molar-refractivity contribution in [1.82, 2.24) is 5.32 Å². The molecule has 0 aliphatic heterocycles. The highest BCUT2D eigenvalue weighted by Gasteiger charge is 2.23. The van der Waals surface area contributed by atoms with Crippen molar-refractivity contribution >= 4 is 13.7 Å². The van der Waals surface area contributed by atoms with Crippen molar-refractivity contribution < 1.29 is 32.9 Å². The third kappa shape index (κ3) is 75.2. The smallest absolute Gasteiger partial charge is 0.268 e. The molecule has 0 saturated carbocycles. The topological polar surface area (TPSA) is 108 Å². The van der Waals surface area contributed by atoms with E-state index in [1.807, 2.05) is 27.2 Å². The van der Waals surface area contributed by atoms with E-state index in [2.05, 4.69) is 79.9 Å². The first-order chi connectivity index (χ1) is 44.5. The van der Waals surface area contributed by atoms with E-state index in [-0.39, 0.29) is 12.5 Å². The number of carbonyl (C=O) groups is 1. The maximum absolute atomic E-state index is 13.1. The minimum absolute atomic E-state index is 0.00578. The molecular formula is C82H155N2O6P. The molecule has 1 amide bonds. The molecular weight excluding hydrogens is 1140 g/mol. The Hall–Kier alpha value is -2.06. The number of likely N-dealkylation sites (N-methyl/N-ethyl adjacent to an activating group) is 1. The molecule has 0 fully saturated rings. The summed E-state index contributed by atoms with van der Waals surface area (Å²) in [7, 11) is 1.26. The first-order valence-electron chi connectivity index (χ1n) is 39.8. The van der Waals surface area contributed by atoms with Crippen molar-refractivity contribution in [2.75, 3.05) is 40.9 Å². The van der Waals surface area contributed by atoms with Gasteiger partial charge in [0.25, 0.3) is 7.82 Å². The maximum atomic E-state index is 13.1. The van der Waals surface area contributed by atoms with E-state index in [1.54, 1.807) is 6.08 Å². The van der Waals surface area contributed by atoms with E-state index in [0.29, 0.717) is 17.4 Å². The fourth-order valence-corrected chi connectivity index (χ4v) is 12.8. The number of nitrogens with one attached hydrogen (secondary N) is 1. The number of hydrogen-bond donors (Lipinski definition) is 2. The molecule has 0 aliphatic rings. The van der Waals surface area contributed by atoms with Crippen LogP contribution in [0.5, 0.6) is 0 Å². The summed E-state index contributed by atoms with van der Waals surface area (Å²) in [6.45, 7) is 4.57. The van der Waals surface area contributed by atoms with E-state index in [0.717, 1.165) is 64.2 Å². The molecule has 0 rings (SSSR count). The van der Waals surface area contributed by atoms with Crippen molar-refractivity contribution in [3.05, 3.63) is 72.9 Å². The SMILES string of the molecule is CC/C=C\C/C=C\C/C=C\C/C=C\CCCCCCCCCCCCCCCCCCCCCCCCCCC(=O)NC(COP(=O)([O-])OCC[N+](C)(C)C)C(O)/C=C/CC/C=C/CCCCCCCCCCCCCCCCCCCCCCCCCCCC. The molecule has 3 atom stereocenters. The summed E-state index contributed by atoms with van der Waals surface area (Å²) in [5.41, 5.74) is 0. The van der Waals surface area contributed by atoms with Crippen molar-refractivity contribution in [1.29, 1.82) is 0 Å². The van der Waals surface area contributed by atoms with Gasteiger partial charge in [0.2, 0.25) is 5.91 Å². The number of nitrogens with zero attached hydrogens (tertiary/aromatic N) is 1. The van der Waals surface area contributed by atoms with Gasteiger partial charge in [-0.15, -0.1) is 0 Å². The monoisotopic (exact) mass is 1300 g/mol. The number of aliphatic hydroxyl groups is 1. The second-order valence-electron chi connectivity index (χ2n) is 28.4. The van der Waals surface area contributed by atoms with Gasteiger partial charge in [0.1, 0.15) is 13.2 Å². The van der Waals surface area contributed by atoms with Gasteiger partial charge in [-0.05, 0) is 70.6 Å². The molecule has 534 valence electrons. The summed E-state index contributed by atoms with van der Waals surface area (Å²) in [4.78, 5) is 25.7. The molecule has 0 heterocycles. The Morgan fingerprint density at radius 1 is 0.396 bits per heavy atom. The fourth-order valence-electron chi connectivity index (χ4n) is 12.1. The van der Waals surface area contributed by atoms with Crippen LogP contribution in [0.2, 0.25) is 0 Å². The molecule has 0 aromatic carbocycles. The van der Waals surface area contributed by atoms with E-state index in [9.17, 15) is 19.4 Å². The van der Waals surface area contributed by atoms with Gasteiger partial charge >= 0.3 is 0 Å². The minimum atomic E-state index is -4.62. The molecule has 8 nitrogen and oxygen atoms in total. The van der Waals surface area contributed by atoms with Crippen LogP contribution in [0.4, 0.5) is 0 Å². The number of hydrogen-bond acceptors (Lipinski definition) is 6. The predicted octanol–water partition coefficient (Wildman–Crippen LogP) is 25.4. The maximum Gasteiger partial charge on any atom is 0.268 e. The number of phosphoric ester groups is 1. The van der Waals surface area contributed by atoms with Gasteiger partial charge in [-0.2, -0.15) is 0 Å². The first-order valence-corrected chi connectivity index (χ1v) is 41.3. The van der Waals surface area contributed by atoms with Crippen LogP contribution in [-0.2, 0) is 18.4 Å². The van der Waals surface area contributed by atoms with Crippen LogP contribution in [0.15, 0.2) is 72.9 Å². The first kappa shape index (κ1) is 88.9. The molecule has 0 aliphatic carbocycles. The molecule has 3 unspecified atom stereocenters. The lowest BCUT2D eigenvalue weighted by Gasteiger charge is -2.29. The van der Waals surface area contributed by atoms with Crippen LogP contribution in [0.3, 0.4) is 0 Å². The lowest BCUT2D eigenvalue weighted by Crippen LogP contribution is -2.45. The normalized spacial score (nSPS) is 13.9. The van der Waals surface area contributed by atoms with Gasteiger partial charge in [0, 0.05) is 6.42 Å². The van der Waals surface area contributed by atoms with Gasteiger partial charge in [0.15, 0.2) is 0 Å². The summed E-state index contributed by atoms with van der Waals surface area (Å²) in [6, 6.07) is -0.906. The van der Waals surface area contributed by atoms with Crippen molar-refractivity contribution in [2.24, 2.45) is 0 Å². The second kappa shape index (κ2) is 72.2. The summed E-state index contributed by atoms with van der Waals surface area (Å²) in [6.07, 6.45) is 102. The van der Waals surface area contributed by atoms with Crippen molar-refractivity contribution in [3.8, 4) is 0 Å². The van der Waals surface area contributed by atoms with Crippen LogP contribution >= 0.6 is 7.82 Å². The fraction of sp³-hybridized carbons (Fsp3) is 0.841. The van der Waals surface area contributed by atoms with E-state index in [1.165, 1.54) is 308 Å². The average Bonchev–Trinajstić information content (AvgIpc) is 3.42. The lowest BCUT2D eigenvalue weighted by molar-refractivity contribution is -0.870. The molecule has 0 radical (unpaired) electrons. The Balaban J connectivity index is 3.98. The molecule has 91 heavy (non-hydrogen) atoms. The lowest BCUT2D eigenvalue weighted by atomic mass is 10.0. The number of quaternary nitrogens is 1. The Kier molecular flexibility index (Phi) is 70.6.